The summed E-state index contributed by atoms with van der Waals surface area (Å²) in [5, 5.41) is 5.84. The number of thioether (sulfide) groups is 1. The minimum atomic E-state index is -2.90. The van der Waals surface area contributed by atoms with E-state index >= 15 is 0 Å². The summed E-state index contributed by atoms with van der Waals surface area (Å²) in [5.41, 5.74) is 1.71. The van der Waals surface area contributed by atoms with Crippen molar-refractivity contribution in [3.63, 3.8) is 0 Å². The number of halogens is 1. The molecule has 1 aliphatic heterocycles. The van der Waals surface area contributed by atoms with E-state index in [2.05, 4.69) is 10.3 Å². The normalized spacial score (nSPS) is 19.3. The van der Waals surface area contributed by atoms with Crippen LogP contribution in [0.4, 0.5) is 5.13 Å². The maximum absolute atomic E-state index is 12.0. The van der Waals surface area contributed by atoms with Gasteiger partial charge in [-0.05, 0) is 18.6 Å². The maximum atomic E-state index is 12.0. The van der Waals surface area contributed by atoms with Crippen molar-refractivity contribution in [2.75, 3.05) is 22.6 Å². The SMILES string of the molecule is O=C(CS[C@@H]1CCS(=O)(=O)C1)Nc1nc(-c2ccc(Cl)cc2)cs1. The Hall–Kier alpha value is -1.09. The van der Waals surface area contributed by atoms with Crippen LogP contribution in [0.2, 0.25) is 5.02 Å². The predicted molar refractivity (Wildman–Crippen MR) is 101 cm³/mol. The van der Waals surface area contributed by atoms with Crippen molar-refractivity contribution in [2.45, 2.75) is 11.7 Å². The minimum absolute atomic E-state index is 0.0154. The van der Waals surface area contributed by atoms with Crippen molar-refractivity contribution in [1.29, 1.82) is 0 Å². The molecule has 9 heteroatoms. The molecule has 1 aromatic heterocycles. The number of thiazole rings is 1. The molecule has 0 aliphatic carbocycles. The molecule has 1 aromatic carbocycles. The summed E-state index contributed by atoms with van der Waals surface area (Å²) in [6, 6.07) is 7.33. The third-order valence-corrected chi connectivity index (χ3v) is 7.82. The van der Waals surface area contributed by atoms with E-state index in [-0.39, 0.29) is 28.4 Å². The third-order valence-electron chi connectivity index (χ3n) is 3.53. The lowest BCUT2D eigenvalue weighted by atomic mass is 10.2. The van der Waals surface area contributed by atoms with Crippen LogP contribution in [0.25, 0.3) is 11.3 Å². The second-order valence-electron chi connectivity index (χ2n) is 5.43. The largest absolute Gasteiger partial charge is 0.301 e. The summed E-state index contributed by atoms with van der Waals surface area (Å²) in [7, 11) is -2.90. The van der Waals surface area contributed by atoms with Gasteiger partial charge in [0.15, 0.2) is 15.0 Å². The predicted octanol–water partition coefficient (Wildman–Crippen LogP) is 3.32. The molecule has 2 heterocycles. The fourth-order valence-corrected chi connectivity index (χ4v) is 6.63. The number of sulfone groups is 1. The van der Waals surface area contributed by atoms with Crippen molar-refractivity contribution < 1.29 is 13.2 Å². The zero-order valence-corrected chi connectivity index (χ0v) is 15.8. The van der Waals surface area contributed by atoms with Crippen LogP contribution in [-0.2, 0) is 14.6 Å². The number of carbonyl (C=O) groups excluding carboxylic acids is 1. The smallest absolute Gasteiger partial charge is 0.236 e. The minimum Gasteiger partial charge on any atom is -0.301 e. The van der Waals surface area contributed by atoms with Gasteiger partial charge in [-0.2, -0.15) is 0 Å². The standard InChI is InChI=1S/C15H15ClN2O3S3/c16-11-3-1-10(2-4-11)13-7-23-15(17-13)18-14(19)8-22-12-5-6-24(20,21)9-12/h1-4,7,12H,5-6,8-9H2,(H,17,18,19)/t12-/m1/s1. The lowest BCUT2D eigenvalue weighted by Crippen LogP contribution is -2.17. The highest BCUT2D eigenvalue weighted by atomic mass is 35.5. The number of rotatable bonds is 5. The summed E-state index contributed by atoms with van der Waals surface area (Å²) >= 11 is 8.61. The number of hydrogen-bond donors (Lipinski definition) is 1. The van der Waals surface area contributed by atoms with Gasteiger partial charge in [0.1, 0.15) is 0 Å². The van der Waals surface area contributed by atoms with Crippen molar-refractivity contribution in [1.82, 2.24) is 4.98 Å². The van der Waals surface area contributed by atoms with Crippen LogP contribution in [0.3, 0.4) is 0 Å². The van der Waals surface area contributed by atoms with Gasteiger partial charge < -0.3 is 5.32 Å². The van der Waals surface area contributed by atoms with E-state index in [1.807, 2.05) is 17.5 Å². The Balaban J connectivity index is 1.53. The van der Waals surface area contributed by atoms with E-state index in [1.165, 1.54) is 23.1 Å². The van der Waals surface area contributed by atoms with Crippen LogP contribution in [-0.4, -0.2) is 41.8 Å². The van der Waals surface area contributed by atoms with E-state index in [9.17, 15) is 13.2 Å². The molecule has 2 aromatic rings. The van der Waals surface area contributed by atoms with Gasteiger partial charge in [-0.3, -0.25) is 4.79 Å². The molecule has 1 N–H and O–H groups in total. The van der Waals surface area contributed by atoms with E-state index in [1.54, 1.807) is 12.1 Å². The zero-order valence-electron chi connectivity index (χ0n) is 12.6. The quantitative estimate of drug-likeness (QED) is 0.830. The molecule has 1 fully saturated rings. The second-order valence-corrected chi connectivity index (χ2v) is 10.2. The number of anilines is 1. The van der Waals surface area contributed by atoms with Gasteiger partial charge in [-0.15, -0.1) is 23.1 Å². The van der Waals surface area contributed by atoms with Gasteiger partial charge in [0.05, 0.1) is 23.0 Å². The monoisotopic (exact) mass is 402 g/mol. The number of hydrogen-bond acceptors (Lipinski definition) is 6. The molecule has 24 heavy (non-hydrogen) atoms. The molecular formula is C15H15ClN2O3S3. The first-order valence-corrected chi connectivity index (χ1v) is 11.4. The highest BCUT2D eigenvalue weighted by molar-refractivity contribution is 8.02. The summed E-state index contributed by atoms with van der Waals surface area (Å²) in [5.74, 6) is 0.462. The Bertz CT molecular complexity index is 834. The molecule has 1 saturated heterocycles. The topological polar surface area (TPSA) is 76.1 Å². The Labute approximate surface area is 153 Å². The number of aromatic nitrogens is 1. The molecule has 0 saturated carbocycles. The molecule has 1 aliphatic rings. The zero-order chi connectivity index (χ0) is 17.2. The van der Waals surface area contributed by atoms with Crippen LogP contribution in [0.1, 0.15) is 6.42 Å². The van der Waals surface area contributed by atoms with Gasteiger partial charge in [-0.25, -0.2) is 13.4 Å². The van der Waals surface area contributed by atoms with Crippen molar-refractivity contribution in [2.24, 2.45) is 0 Å². The molecule has 0 bridgehead atoms. The lowest BCUT2D eigenvalue weighted by molar-refractivity contribution is -0.113. The van der Waals surface area contributed by atoms with Gasteiger partial charge in [0.2, 0.25) is 5.91 Å². The number of nitrogens with zero attached hydrogens (tertiary/aromatic N) is 1. The first-order valence-electron chi connectivity index (χ1n) is 7.25. The molecule has 128 valence electrons. The number of carbonyl (C=O) groups is 1. The van der Waals surface area contributed by atoms with Crippen molar-refractivity contribution in [3.05, 3.63) is 34.7 Å². The van der Waals surface area contributed by atoms with E-state index in [0.29, 0.717) is 16.6 Å². The summed E-state index contributed by atoms with van der Waals surface area (Å²) < 4.78 is 22.8. The van der Waals surface area contributed by atoms with Crippen LogP contribution in [0.5, 0.6) is 0 Å². The average Bonchev–Trinajstić information content (AvgIpc) is 3.12. The Kier molecular flexibility index (Phi) is 5.49. The van der Waals surface area contributed by atoms with Crippen LogP contribution >= 0.6 is 34.7 Å². The first-order chi connectivity index (χ1) is 11.4. The van der Waals surface area contributed by atoms with Crippen LogP contribution < -0.4 is 5.32 Å². The van der Waals surface area contributed by atoms with E-state index in [4.69, 9.17) is 11.6 Å². The Morgan fingerprint density at radius 2 is 2.12 bits per heavy atom. The van der Waals surface area contributed by atoms with Gasteiger partial charge in [0, 0.05) is 21.2 Å². The molecule has 1 amide bonds. The molecule has 5 nitrogen and oxygen atoms in total. The Morgan fingerprint density at radius 3 is 2.79 bits per heavy atom. The molecule has 0 radical (unpaired) electrons. The average molecular weight is 403 g/mol. The summed E-state index contributed by atoms with van der Waals surface area (Å²) in [6.07, 6.45) is 0.623. The number of amides is 1. The summed E-state index contributed by atoms with van der Waals surface area (Å²) in [4.78, 5) is 16.4. The number of nitrogens with one attached hydrogen (secondary N) is 1. The van der Waals surface area contributed by atoms with E-state index in [0.717, 1.165) is 11.3 Å². The highest BCUT2D eigenvalue weighted by Crippen LogP contribution is 2.27. The van der Waals surface area contributed by atoms with Gasteiger partial charge in [0.25, 0.3) is 0 Å². The molecule has 0 spiro atoms. The van der Waals surface area contributed by atoms with Crippen molar-refractivity contribution in [3.8, 4) is 11.3 Å². The fraction of sp³-hybridized carbons (Fsp3) is 0.333. The van der Waals surface area contributed by atoms with Gasteiger partial charge >= 0.3 is 0 Å². The van der Waals surface area contributed by atoms with Gasteiger partial charge in [-0.1, -0.05) is 23.7 Å². The molecular weight excluding hydrogens is 388 g/mol. The van der Waals surface area contributed by atoms with E-state index < -0.39 is 9.84 Å². The molecule has 0 unspecified atom stereocenters. The molecule has 3 rings (SSSR count). The molecule has 1 atom stereocenters. The van der Waals surface area contributed by atoms with Crippen LogP contribution in [0.15, 0.2) is 29.6 Å². The Morgan fingerprint density at radius 1 is 1.38 bits per heavy atom. The maximum Gasteiger partial charge on any atom is 0.236 e. The highest BCUT2D eigenvalue weighted by Gasteiger charge is 2.28. The third kappa shape index (κ3) is 4.72. The number of benzene rings is 1. The lowest BCUT2D eigenvalue weighted by Gasteiger charge is -2.06. The summed E-state index contributed by atoms with van der Waals surface area (Å²) in [6.45, 7) is 0. The van der Waals surface area contributed by atoms with Crippen LogP contribution in [0, 0.1) is 0 Å². The first kappa shape index (κ1) is 17.7. The fourth-order valence-electron chi connectivity index (χ4n) is 2.33. The van der Waals surface area contributed by atoms with Crippen molar-refractivity contribution >= 4 is 55.6 Å². The second kappa shape index (κ2) is 7.43.